The van der Waals surface area contributed by atoms with Crippen molar-refractivity contribution in [2.24, 2.45) is 0 Å². The first kappa shape index (κ1) is 22.7. The Hall–Kier alpha value is -3.10. The number of hydrogen-bond donors (Lipinski definition) is 0. The first-order chi connectivity index (χ1) is 16.6. The third-order valence-electron chi connectivity index (χ3n) is 6.96. The average molecular weight is 461 g/mol. The van der Waals surface area contributed by atoms with Crippen molar-refractivity contribution < 1.29 is 9.53 Å². The van der Waals surface area contributed by atoms with Crippen molar-refractivity contribution in [3.05, 3.63) is 59.7 Å². The Kier molecular flexibility index (Phi) is 6.69. The molecule has 5 rings (SSSR count). The largest absolute Gasteiger partial charge is 0.378 e. The molecule has 3 aromatic rings. The minimum atomic E-state index is -0.342. The molecule has 2 aromatic heterocycles. The fraction of sp³-hybridized carbons (Fsp3) is 0.462. The first-order valence-electron chi connectivity index (χ1n) is 12.1. The summed E-state index contributed by atoms with van der Waals surface area (Å²) in [4.78, 5) is 25.7. The maximum absolute atomic E-state index is 12.0. The maximum Gasteiger partial charge on any atom is 0.225 e. The molecule has 2 fully saturated rings. The molecule has 1 unspecified atom stereocenters. The monoisotopic (exact) mass is 460 g/mol. The molecule has 1 atom stereocenters. The fourth-order valence-electron chi connectivity index (χ4n) is 5.19. The van der Waals surface area contributed by atoms with Crippen LogP contribution >= 0.6 is 0 Å². The number of hydrogen-bond acceptors (Lipinski definition) is 7. The van der Waals surface area contributed by atoms with Gasteiger partial charge in [-0.15, -0.1) is 0 Å². The summed E-state index contributed by atoms with van der Waals surface area (Å²) in [7, 11) is 0. The topological polar surface area (TPSA) is 76.4 Å². The van der Waals surface area contributed by atoms with E-state index in [1.165, 1.54) is 11.1 Å². The predicted octanol–water partition coefficient (Wildman–Crippen LogP) is 3.37. The molecule has 0 spiro atoms. The average Bonchev–Trinajstić information content (AvgIpc) is 3.23. The predicted molar refractivity (Wildman–Crippen MR) is 131 cm³/mol. The second-order valence-corrected chi connectivity index (χ2v) is 9.19. The summed E-state index contributed by atoms with van der Waals surface area (Å²) in [6.07, 6.45) is 6.54. The van der Waals surface area contributed by atoms with Gasteiger partial charge < -0.3 is 9.64 Å². The van der Waals surface area contributed by atoms with Crippen molar-refractivity contribution in [1.82, 2.24) is 24.6 Å². The Labute approximate surface area is 200 Å². The summed E-state index contributed by atoms with van der Waals surface area (Å²) in [5.74, 6) is 1.20. The number of anilines is 1. The highest BCUT2D eigenvalue weighted by molar-refractivity contribution is 5.67. The van der Waals surface area contributed by atoms with Gasteiger partial charge in [0.2, 0.25) is 5.95 Å². The fourth-order valence-corrected chi connectivity index (χ4v) is 5.19. The number of carbonyl (C=O) groups excluding carboxylic acids is 1. The van der Waals surface area contributed by atoms with Crippen LogP contribution < -0.4 is 4.90 Å². The number of piperidine rings is 1. The summed E-state index contributed by atoms with van der Waals surface area (Å²) < 4.78 is 7.28. The van der Waals surface area contributed by atoms with Gasteiger partial charge in [0.1, 0.15) is 0 Å². The lowest BCUT2D eigenvalue weighted by atomic mass is 9.85. The van der Waals surface area contributed by atoms with Gasteiger partial charge in [0.25, 0.3) is 0 Å². The van der Waals surface area contributed by atoms with E-state index in [0.29, 0.717) is 5.92 Å². The smallest absolute Gasteiger partial charge is 0.225 e. The van der Waals surface area contributed by atoms with Crippen LogP contribution in [0.15, 0.2) is 42.7 Å². The molecule has 34 heavy (non-hydrogen) atoms. The highest BCUT2D eigenvalue weighted by atomic mass is 16.5. The molecule has 0 radical (unpaired) electrons. The van der Waals surface area contributed by atoms with E-state index < -0.39 is 0 Å². The number of aryl methyl sites for hydroxylation is 2. The Balaban J connectivity index is 1.30. The van der Waals surface area contributed by atoms with E-state index in [4.69, 9.17) is 4.74 Å². The molecule has 0 bridgehead atoms. The first-order valence-corrected chi connectivity index (χ1v) is 12.1. The molecule has 2 aliphatic heterocycles. The lowest BCUT2D eigenvalue weighted by Crippen LogP contribution is -2.40. The second-order valence-electron chi connectivity index (χ2n) is 9.19. The van der Waals surface area contributed by atoms with E-state index in [1.807, 2.05) is 37.0 Å². The molecule has 0 amide bonds. The number of ether oxygens (including phenoxy) is 1. The van der Waals surface area contributed by atoms with Crippen LogP contribution in [0.4, 0.5) is 5.95 Å². The van der Waals surface area contributed by atoms with Gasteiger partial charge in [-0.2, -0.15) is 5.10 Å². The van der Waals surface area contributed by atoms with Gasteiger partial charge in [0.05, 0.1) is 18.9 Å². The lowest BCUT2D eigenvalue weighted by molar-refractivity contribution is -0.116. The number of aromatic nitrogens is 4. The van der Waals surface area contributed by atoms with Gasteiger partial charge in [-0.05, 0) is 49.8 Å². The normalized spacial score (nSPS) is 18.7. The lowest BCUT2D eigenvalue weighted by Gasteiger charge is -2.36. The van der Waals surface area contributed by atoms with Crippen LogP contribution in [-0.4, -0.2) is 70.3 Å². The van der Waals surface area contributed by atoms with Gasteiger partial charge in [0.15, 0.2) is 12.5 Å². The highest BCUT2D eigenvalue weighted by Gasteiger charge is 2.29. The van der Waals surface area contributed by atoms with Gasteiger partial charge in [0, 0.05) is 49.8 Å². The molecule has 1 aromatic carbocycles. The summed E-state index contributed by atoms with van der Waals surface area (Å²) in [6.45, 7) is 8.77. The Morgan fingerprint density at radius 2 is 1.74 bits per heavy atom. The molecule has 0 N–H and O–H groups in total. The van der Waals surface area contributed by atoms with Crippen LogP contribution in [0.25, 0.3) is 11.1 Å². The summed E-state index contributed by atoms with van der Waals surface area (Å²) in [5, 5.41) is 4.55. The van der Waals surface area contributed by atoms with Crippen LogP contribution in [0.5, 0.6) is 0 Å². The molecule has 0 saturated carbocycles. The van der Waals surface area contributed by atoms with Crippen LogP contribution in [0, 0.1) is 13.8 Å². The zero-order chi connectivity index (χ0) is 23.5. The van der Waals surface area contributed by atoms with Crippen molar-refractivity contribution in [3.8, 4) is 11.1 Å². The Morgan fingerprint density at radius 1 is 1.03 bits per heavy atom. The molecular formula is C26H32N6O2. The van der Waals surface area contributed by atoms with Gasteiger partial charge >= 0.3 is 0 Å². The van der Waals surface area contributed by atoms with Crippen LogP contribution in [0.1, 0.15) is 41.9 Å². The number of aldehydes is 1. The molecule has 0 aliphatic carbocycles. The van der Waals surface area contributed by atoms with Gasteiger partial charge in [-0.3, -0.25) is 9.69 Å². The minimum absolute atomic E-state index is 0.342. The molecule has 8 nitrogen and oxygen atoms in total. The highest BCUT2D eigenvalue weighted by Crippen LogP contribution is 2.36. The molecular weight excluding hydrogens is 428 g/mol. The number of benzene rings is 1. The van der Waals surface area contributed by atoms with Crippen molar-refractivity contribution in [1.29, 1.82) is 0 Å². The van der Waals surface area contributed by atoms with Gasteiger partial charge in [-0.25, -0.2) is 14.6 Å². The van der Waals surface area contributed by atoms with E-state index >= 15 is 0 Å². The van der Waals surface area contributed by atoms with Gasteiger partial charge in [-0.1, -0.05) is 24.3 Å². The Bertz CT molecular complexity index is 1110. The number of likely N-dealkylation sites (tertiary alicyclic amines) is 1. The quantitative estimate of drug-likeness (QED) is 0.522. The number of rotatable bonds is 6. The number of morpholine rings is 1. The third-order valence-corrected chi connectivity index (χ3v) is 6.96. The van der Waals surface area contributed by atoms with Crippen LogP contribution in [0.3, 0.4) is 0 Å². The molecule has 4 heterocycles. The van der Waals surface area contributed by atoms with E-state index in [2.05, 4.69) is 49.1 Å². The van der Waals surface area contributed by atoms with Crippen molar-refractivity contribution >= 4 is 12.2 Å². The van der Waals surface area contributed by atoms with Crippen LogP contribution in [-0.2, 0) is 9.53 Å². The number of nitrogens with zero attached hydrogens (tertiary/aromatic N) is 6. The van der Waals surface area contributed by atoms with Crippen molar-refractivity contribution in [2.75, 3.05) is 44.3 Å². The SMILES string of the molecule is Cc1cc(C)n(C(C=O)N2CCC(c3ccccc3-c3cnc(N4CCOCC4)nc3)CC2)n1. The summed E-state index contributed by atoms with van der Waals surface area (Å²) in [6, 6.07) is 10.6. The zero-order valence-corrected chi connectivity index (χ0v) is 19.9. The molecule has 2 aliphatic rings. The molecule has 2 saturated heterocycles. The van der Waals surface area contributed by atoms with Crippen molar-refractivity contribution in [3.63, 3.8) is 0 Å². The second kappa shape index (κ2) is 10.0. The van der Waals surface area contributed by atoms with E-state index in [1.54, 1.807) is 0 Å². The Morgan fingerprint density at radius 3 is 2.38 bits per heavy atom. The minimum Gasteiger partial charge on any atom is -0.378 e. The zero-order valence-electron chi connectivity index (χ0n) is 19.9. The maximum atomic E-state index is 12.0. The van der Waals surface area contributed by atoms with E-state index in [-0.39, 0.29) is 6.17 Å². The van der Waals surface area contributed by atoms with E-state index in [0.717, 1.165) is 81.4 Å². The standard InChI is InChI=1S/C26H32N6O2/c1-19-15-20(2)32(29-19)25(18-33)30-9-7-21(8-10-30)23-5-3-4-6-24(23)22-16-27-26(28-17-22)31-11-13-34-14-12-31/h3-6,15-18,21,25H,7-14H2,1-2H3. The summed E-state index contributed by atoms with van der Waals surface area (Å²) in [5.41, 5.74) is 5.53. The third kappa shape index (κ3) is 4.60. The summed E-state index contributed by atoms with van der Waals surface area (Å²) >= 11 is 0. The number of carbonyl (C=O) groups is 1. The molecule has 8 heteroatoms. The molecule has 178 valence electrons. The van der Waals surface area contributed by atoms with Crippen molar-refractivity contribution in [2.45, 2.75) is 38.8 Å². The van der Waals surface area contributed by atoms with E-state index in [9.17, 15) is 4.79 Å². The van der Waals surface area contributed by atoms with Crippen LogP contribution in [0.2, 0.25) is 0 Å².